The molecule has 42 heavy (non-hydrogen) atoms. The summed E-state index contributed by atoms with van der Waals surface area (Å²) < 4.78 is 34.0. The molecule has 0 radical (unpaired) electrons. The number of hydrogen-bond donors (Lipinski definition) is 0. The van der Waals surface area contributed by atoms with Gasteiger partial charge in [0.2, 0.25) is 0 Å². The molecular weight excluding hydrogens is 536 g/mol. The van der Waals surface area contributed by atoms with E-state index in [1.165, 1.54) is 24.3 Å². The van der Waals surface area contributed by atoms with E-state index in [2.05, 4.69) is 0 Å². The second kappa shape index (κ2) is 14.0. The zero-order valence-corrected chi connectivity index (χ0v) is 22.3. The first-order chi connectivity index (χ1) is 20.6. The Morgan fingerprint density at radius 1 is 0.357 bits per heavy atom. The molecule has 5 rings (SSSR count). The second-order valence-corrected chi connectivity index (χ2v) is 8.69. The van der Waals surface area contributed by atoms with Gasteiger partial charge in [-0.3, -0.25) is 0 Å². The number of rotatable bonds is 12. The van der Waals surface area contributed by atoms with Crippen molar-refractivity contribution in [3.63, 3.8) is 0 Å². The van der Waals surface area contributed by atoms with Crippen LogP contribution in [0.2, 0.25) is 0 Å². The predicted octanol–water partition coefficient (Wildman–Crippen LogP) is 6.88. The van der Waals surface area contributed by atoms with Crippen molar-refractivity contribution in [1.29, 1.82) is 0 Å². The molecule has 0 bridgehead atoms. The van der Waals surface area contributed by atoms with E-state index in [1.807, 2.05) is 24.3 Å². The molecule has 0 saturated carbocycles. The van der Waals surface area contributed by atoms with Crippen molar-refractivity contribution in [2.75, 3.05) is 0 Å². The second-order valence-electron chi connectivity index (χ2n) is 8.69. The molecule has 0 fully saturated rings. The molecule has 0 N–H and O–H groups in total. The van der Waals surface area contributed by atoms with Crippen LogP contribution in [0.5, 0.6) is 23.0 Å². The van der Waals surface area contributed by atoms with E-state index >= 15 is 0 Å². The van der Waals surface area contributed by atoms with Crippen molar-refractivity contribution in [3.8, 4) is 23.0 Å². The molecule has 8 nitrogen and oxygen atoms in total. The molecule has 8 heteroatoms. The first kappa shape index (κ1) is 27.8. The van der Waals surface area contributed by atoms with Gasteiger partial charge in [-0.05, 0) is 72.8 Å². The number of para-hydroxylation sites is 4. The molecule has 210 valence electrons. The molecule has 5 aromatic rings. The van der Waals surface area contributed by atoms with Gasteiger partial charge in [0.1, 0.15) is 23.0 Å². The van der Waals surface area contributed by atoms with Crippen LogP contribution in [0.15, 0.2) is 146 Å². The van der Waals surface area contributed by atoms with E-state index in [1.54, 1.807) is 97.1 Å². The molecule has 5 aromatic carbocycles. The average Bonchev–Trinajstić information content (AvgIpc) is 3.03. The van der Waals surface area contributed by atoms with E-state index in [-0.39, 0.29) is 11.1 Å². The monoisotopic (exact) mass is 562 g/mol. The maximum Gasteiger partial charge on any atom is 0.408 e. The van der Waals surface area contributed by atoms with Gasteiger partial charge in [-0.25, -0.2) is 9.59 Å². The van der Waals surface area contributed by atoms with Crippen LogP contribution in [-0.2, 0) is 9.47 Å². The normalized spacial score (nSPS) is 10.5. The Morgan fingerprint density at radius 2 is 0.595 bits per heavy atom. The van der Waals surface area contributed by atoms with Crippen molar-refractivity contribution in [2.45, 2.75) is 13.0 Å². The van der Waals surface area contributed by atoms with Gasteiger partial charge in [-0.2, -0.15) is 0 Å². The third-order valence-corrected chi connectivity index (χ3v) is 5.66. The Hall–Kier alpha value is -5.76. The number of ether oxygens (including phenoxy) is 6. The standard InChI is InChI=1S/C34H26O8/c35-31(41-33(37-27-13-5-1-6-14-27)38-28-15-7-2-8-16-28)25-21-23-26(24-22-25)32(36)42-34(39-29-17-9-3-10-18-29)40-30-19-11-4-12-20-30/h1-24,33-34H. The number of carbonyl (C=O) groups excluding carboxylic acids is 2. The highest BCUT2D eigenvalue weighted by Gasteiger charge is 2.22. The fourth-order valence-corrected chi connectivity index (χ4v) is 3.64. The predicted molar refractivity (Wildman–Crippen MR) is 153 cm³/mol. The lowest BCUT2D eigenvalue weighted by Gasteiger charge is -2.20. The molecule has 0 saturated heterocycles. The smallest absolute Gasteiger partial charge is 0.408 e. The zero-order chi connectivity index (χ0) is 29.0. The van der Waals surface area contributed by atoms with Crippen LogP contribution in [0.3, 0.4) is 0 Å². The van der Waals surface area contributed by atoms with Crippen LogP contribution in [0, 0.1) is 0 Å². The third-order valence-electron chi connectivity index (χ3n) is 5.66. The van der Waals surface area contributed by atoms with Gasteiger partial charge in [0.25, 0.3) is 0 Å². The van der Waals surface area contributed by atoms with Gasteiger partial charge in [0, 0.05) is 0 Å². The fraction of sp³-hybridized carbons (Fsp3) is 0.0588. The lowest BCUT2D eigenvalue weighted by Crippen LogP contribution is -2.31. The van der Waals surface area contributed by atoms with Gasteiger partial charge < -0.3 is 28.4 Å². The molecule has 0 atom stereocenters. The summed E-state index contributed by atoms with van der Waals surface area (Å²) in [5.74, 6) is 0.376. The van der Waals surface area contributed by atoms with Crippen molar-refractivity contribution in [1.82, 2.24) is 0 Å². The summed E-state index contributed by atoms with van der Waals surface area (Å²) in [5.41, 5.74) is 0.338. The average molecular weight is 563 g/mol. The maximum absolute atomic E-state index is 13.0. The molecule has 0 aromatic heterocycles. The van der Waals surface area contributed by atoms with Crippen molar-refractivity contribution in [2.24, 2.45) is 0 Å². The molecule has 0 aliphatic heterocycles. The lowest BCUT2D eigenvalue weighted by atomic mass is 10.1. The van der Waals surface area contributed by atoms with E-state index in [0.29, 0.717) is 23.0 Å². The quantitative estimate of drug-likeness (QED) is 0.120. The summed E-state index contributed by atoms with van der Waals surface area (Å²) >= 11 is 0. The van der Waals surface area contributed by atoms with E-state index in [9.17, 15) is 9.59 Å². The lowest BCUT2D eigenvalue weighted by molar-refractivity contribution is -0.165. The Bertz CT molecular complexity index is 1340. The van der Waals surface area contributed by atoms with Crippen molar-refractivity contribution >= 4 is 11.9 Å². The maximum atomic E-state index is 13.0. The number of hydrogen-bond acceptors (Lipinski definition) is 8. The first-order valence-electron chi connectivity index (χ1n) is 13.0. The third kappa shape index (κ3) is 8.12. The SMILES string of the molecule is O=C(OC(Oc1ccccc1)Oc1ccccc1)c1ccc(C(=O)OC(Oc2ccccc2)Oc2ccccc2)cc1. The van der Waals surface area contributed by atoms with Crippen molar-refractivity contribution in [3.05, 3.63) is 157 Å². The zero-order valence-electron chi connectivity index (χ0n) is 22.3. The van der Waals surface area contributed by atoms with Gasteiger partial charge in [-0.15, -0.1) is 0 Å². The molecule has 0 unspecified atom stereocenters. The number of esters is 2. The summed E-state index contributed by atoms with van der Waals surface area (Å²) in [5, 5.41) is 0. The Labute approximate surface area is 242 Å². The minimum atomic E-state index is -1.36. The van der Waals surface area contributed by atoms with Crippen LogP contribution < -0.4 is 18.9 Å². The van der Waals surface area contributed by atoms with Crippen LogP contribution in [-0.4, -0.2) is 24.9 Å². The van der Waals surface area contributed by atoms with Crippen molar-refractivity contribution < 1.29 is 38.0 Å². The van der Waals surface area contributed by atoms with Gasteiger partial charge in [0.05, 0.1) is 11.1 Å². The highest BCUT2D eigenvalue weighted by molar-refractivity contribution is 5.93. The molecular formula is C34H26O8. The fourth-order valence-electron chi connectivity index (χ4n) is 3.64. The first-order valence-corrected chi connectivity index (χ1v) is 13.0. The molecule has 0 spiro atoms. The molecule has 0 aliphatic carbocycles. The molecule has 0 amide bonds. The topological polar surface area (TPSA) is 89.5 Å². The van der Waals surface area contributed by atoms with E-state index in [0.717, 1.165) is 0 Å². The molecule has 0 aliphatic rings. The Balaban J connectivity index is 1.25. The van der Waals surface area contributed by atoms with Gasteiger partial charge >= 0.3 is 24.9 Å². The highest BCUT2D eigenvalue weighted by atomic mass is 16.9. The van der Waals surface area contributed by atoms with Crippen LogP contribution >= 0.6 is 0 Å². The number of benzene rings is 5. The molecule has 0 heterocycles. The summed E-state index contributed by atoms with van der Waals surface area (Å²) in [7, 11) is 0. The van der Waals surface area contributed by atoms with Crippen LogP contribution in [0.25, 0.3) is 0 Å². The van der Waals surface area contributed by atoms with E-state index < -0.39 is 24.9 Å². The summed E-state index contributed by atoms with van der Waals surface area (Å²) in [6.07, 6.45) is 0. The number of carbonyl (C=O) groups is 2. The summed E-state index contributed by atoms with van der Waals surface area (Å²) in [4.78, 5) is 25.9. The highest BCUT2D eigenvalue weighted by Crippen LogP contribution is 2.20. The van der Waals surface area contributed by atoms with Crippen LogP contribution in [0.4, 0.5) is 0 Å². The minimum Gasteiger partial charge on any atom is -0.423 e. The Morgan fingerprint density at radius 3 is 0.833 bits per heavy atom. The van der Waals surface area contributed by atoms with Gasteiger partial charge in [0.15, 0.2) is 0 Å². The van der Waals surface area contributed by atoms with Crippen LogP contribution in [0.1, 0.15) is 20.7 Å². The van der Waals surface area contributed by atoms with Gasteiger partial charge in [-0.1, -0.05) is 72.8 Å². The minimum absolute atomic E-state index is 0.169. The largest absolute Gasteiger partial charge is 0.423 e. The van der Waals surface area contributed by atoms with E-state index in [4.69, 9.17) is 28.4 Å². The Kier molecular flexibility index (Phi) is 9.29. The summed E-state index contributed by atoms with van der Waals surface area (Å²) in [6.45, 7) is -2.73. The summed E-state index contributed by atoms with van der Waals surface area (Å²) in [6, 6.07) is 41.1.